The Morgan fingerprint density at radius 2 is 1.94 bits per heavy atom. The summed E-state index contributed by atoms with van der Waals surface area (Å²) in [4.78, 5) is 0. The van der Waals surface area contributed by atoms with E-state index in [4.69, 9.17) is 9.47 Å². The Kier molecular flexibility index (Phi) is 2.28. The molecule has 2 aliphatic rings. The molecule has 0 atom stereocenters. The van der Waals surface area contributed by atoms with Crippen LogP contribution in [-0.4, -0.2) is 23.9 Å². The van der Waals surface area contributed by atoms with Crippen LogP contribution in [0.3, 0.4) is 0 Å². The summed E-state index contributed by atoms with van der Waals surface area (Å²) >= 11 is 0. The molecule has 0 amide bonds. The van der Waals surface area contributed by atoms with Crippen molar-refractivity contribution in [1.82, 2.24) is 0 Å². The molecule has 0 aliphatic carbocycles. The minimum Gasteiger partial charge on any atom is -0.508 e. The average molecular weight is 220 g/mol. The Bertz CT molecular complexity index is 394. The highest BCUT2D eigenvalue weighted by molar-refractivity contribution is 5.45. The topological polar surface area (TPSA) is 38.7 Å². The van der Waals surface area contributed by atoms with Gasteiger partial charge in [0.15, 0.2) is 0 Å². The van der Waals surface area contributed by atoms with Gasteiger partial charge in [0.2, 0.25) is 0 Å². The molecule has 0 unspecified atom stereocenters. The number of aromatic hydroxyl groups is 1. The maximum absolute atomic E-state index is 9.74. The Balaban J connectivity index is 1.91. The largest absolute Gasteiger partial charge is 0.508 e. The van der Waals surface area contributed by atoms with Crippen LogP contribution in [0.5, 0.6) is 11.5 Å². The maximum Gasteiger partial charge on any atom is 0.127 e. The molecule has 0 bridgehead atoms. The molecule has 1 saturated heterocycles. The third-order valence-electron chi connectivity index (χ3n) is 3.67. The molecule has 1 aromatic rings. The van der Waals surface area contributed by atoms with E-state index in [0.717, 1.165) is 50.2 Å². The molecule has 1 aromatic carbocycles. The van der Waals surface area contributed by atoms with Gasteiger partial charge >= 0.3 is 0 Å². The van der Waals surface area contributed by atoms with Crippen molar-refractivity contribution in [3.63, 3.8) is 0 Å². The highest BCUT2D eigenvalue weighted by atomic mass is 16.5. The van der Waals surface area contributed by atoms with Crippen molar-refractivity contribution in [3.8, 4) is 11.5 Å². The molecular formula is C13H16O3. The van der Waals surface area contributed by atoms with Crippen LogP contribution in [0.25, 0.3) is 0 Å². The molecule has 0 aromatic heterocycles. The lowest BCUT2D eigenvalue weighted by Crippen LogP contribution is -2.44. The molecule has 86 valence electrons. The summed E-state index contributed by atoms with van der Waals surface area (Å²) in [5.41, 5.74) is 0.915. The van der Waals surface area contributed by atoms with E-state index in [9.17, 15) is 5.11 Å². The van der Waals surface area contributed by atoms with Crippen LogP contribution in [0.4, 0.5) is 0 Å². The lowest BCUT2D eigenvalue weighted by atomic mass is 9.85. The fourth-order valence-corrected chi connectivity index (χ4v) is 2.63. The van der Waals surface area contributed by atoms with E-state index in [-0.39, 0.29) is 5.60 Å². The third-order valence-corrected chi connectivity index (χ3v) is 3.67. The molecule has 2 aliphatic heterocycles. The SMILES string of the molecule is Oc1cccc2c1CCC1(CCOCC1)O2. The minimum absolute atomic E-state index is 0.0426. The molecule has 3 rings (SSSR count). The van der Waals surface area contributed by atoms with Crippen LogP contribution >= 0.6 is 0 Å². The van der Waals surface area contributed by atoms with E-state index in [1.165, 1.54) is 0 Å². The van der Waals surface area contributed by atoms with E-state index in [0.29, 0.717) is 5.75 Å². The summed E-state index contributed by atoms with van der Waals surface area (Å²) in [7, 11) is 0. The van der Waals surface area contributed by atoms with Gasteiger partial charge in [0.25, 0.3) is 0 Å². The van der Waals surface area contributed by atoms with Crippen LogP contribution in [-0.2, 0) is 11.2 Å². The van der Waals surface area contributed by atoms with Crippen LogP contribution < -0.4 is 4.74 Å². The number of phenolic OH excluding ortho intramolecular Hbond substituents is 1. The molecule has 16 heavy (non-hydrogen) atoms. The number of ether oxygens (including phenoxy) is 2. The number of phenols is 1. The number of hydrogen-bond acceptors (Lipinski definition) is 3. The summed E-state index contributed by atoms with van der Waals surface area (Å²) in [5, 5.41) is 9.74. The fraction of sp³-hybridized carbons (Fsp3) is 0.538. The van der Waals surface area contributed by atoms with Crippen molar-refractivity contribution in [2.45, 2.75) is 31.3 Å². The molecule has 3 heteroatoms. The maximum atomic E-state index is 9.74. The normalized spacial score (nSPS) is 22.5. The van der Waals surface area contributed by atoms with Crippen LogP contribution in [0.1, 0.15) is 24.8 Å². The van der Waals surface area contributed by atoms with Crippen LogP contribution in [0.15, 0.2) is 18.2 Å². The Labute approximate surface area is 95.0 Å². The standard InChI is InChI=1S/C13H16O3/c14-11-2-1-3-12-10(11)4-5-13(16-12)6-8-15-9-7-13/h1-3,14H,4-9H2. The van der Waals surface area contributed by atoms with Gasteiger partial charge in [-0.2, -0.15) is 0 Å². The molecule has 1 N–H and O–H groups in total. The van der Waals surface area contributed by atoms with Gasteiger partial charge in [0.05, 0.1) is 13.2 Å². The van der Waals surface area contributed by atoms with E-state index < -0.39 is 0 Å². The van der Waals surface area contributed by atoms with Gasteiger partial charge in [0.1, 0.15) is 17.1 Å². The van der Waals surface area contributed by atoms with E-state index in [2.05, 4.69) is 0 Å². The smallest absolute Gasteiger partial charge is 0.127 e. The monoisotopic (exact) mass is 220 g/mol. The first kappa shape index (κ1) is 9.97. The summed E-state index contributed by atoms with van der Waals surface area (Å²) < 4.78 is 11.5. The van der Waals surface area contributed by atoms with Gasteiger partial charge in [-0.05, 0) is 25.0 Å². The third kappa shape index (κ3) is 1.55. The first-order valence-electron chi connectivity index (χ1n) is 5.87. The number of hydrogen-bond donors (Lipinski definition) is 1. The fourth-order valence-electron chi connectivity index (χ4n) is 2.63. The summed E-state index contributed by atoms with van der Waals surface area (Å²) in [6.07, 6.45) is 3.81. The van der Waals surface area contributed by atoms with Crippen molar-refractivity contribution in [1.29, 1.82) is 0 Å². The van der Waals surface area contributed by atoms with Crippen molar-refractivity contribution >= 4 is 0 Å². The molecular weight excluding hydrogens is 204 g/mol. The number of rotatable bonds is 0. The van der Waals surface area contributed by atoms with E-state index in [1.54, 1.807) is 6.07 Å². The van der Waals surface area contributed by atoms with Gasteiger partial charge in [0, 0.05) is 18.4 Å². The zero-order valence-corrected chi connectivity index (χ0v) is 9.24. The second kappa shape index (κ2) is 3.67. The number of fused-ring (bicyclic) bond motifs is 1. The van der Waals surface area contributed by atoms with Crippen molar-refractivity contribution in [2.24, 2.45) is 0 Å². The lowest BCUT2D eigenvalue weighted by Gasteiger charge is -2.41. The van der Waals surface area contributed by atoms with Crippen LogP contribution in [0.2, 0.25) is 0 Å². The van der Waals surface area contributed by atoms with Gasteiger partial charge in [-0.25, -0.2) is 0 Å². The quantitative estimate of drug-likeness (QED) is 0.729. The highest BCUT2D eigenvalue weighted by Crippen LogP contribution is 2.41. The molecule has 2 heterocycles. The van der Waals surface area contributed by atoms with E-state index in [1.807, 2.05) is 12.1 Å². The predicted molar refractivity (Wildman–Crippen MR) is 59.8 cm³/mol. The Hall–Kier alpha value is -1.22. The van der Waals surface area contributed by atoms with Gasteiger partial charge in [-0.15, -0.1) is 0 Å². The predicted octanol–water partition coefficient (Wildman–Crippen LogP) is 2.27. The summed E-state index contributed by atoms with van der Waals surface area (Å²) in [6, 6.07) is 5.52. The molecule has 1 fully saturated rings. The Morgan fingerprint density at radius 3 is 2.75 bits per heavy atom. The van der Waals surface area contributed by atoms with Crippen molar-refractivity contribution in [3.05, 3.63) is 23.8 Å². The molecule has 0 saturated carbocycles. The van der Waals surface area contributed by atoms with Gasteiger partial charge in [-0.3, -0.25) is 0 Å². The lowest BCUT2D eigenvalue weighted by molar-refractivity contribution is -0.0572. The summed E-state index contributed by atoms with van der Waals surface area (Å²) in [6.45, 7) is 1.57. The molecule has 0 radical (unpaired) electrons. The zero-order chi connectivity index (χ0) is 11.0. The van der Waals surface area contributed by atoms with Crippen LogP contribution in [0, 0.1) is 0 Å². The first-order valence-corrected chi connectivity index (χ1v) is 5.87. The highest BCUT2D eigenvalue weighted by Gasteiger charge is 2.38. The van der Waals surface area contributed by atoms with E-state index >= 15 is 0 Å². The van der Waals surface area contributed by atoms with Crippen molar-refractivity contribution in [2.75, 3.05) is 13.2 Å². The second-order valence-electron chi connectivity index (χ2n) is 4.65. The Morgan fingerprint density at radius 1 is 1.12 bits per heavy atom. The second-order valence-corrected chi connectivity index (χ2v) is 4.65. The van der Waals surface area contributed by atoms with Crippen molar-refractivity contribution < 1.29 is 14.6 Å². The molecule has 3 nitrogen and oxygen atoms in total. The number of benzene rings is 1. The zero-order valence-electron chi connectivity index (χ0n) is 9.24. The van der Waals surface area contributed by atoms with Gasteiger partial charge < -0.3 is 14.6 Å². The van der Waals surface area contributed by atoms with Gasteiger partial charge in [-0.1, -0.05) is 6.07 Å². The summed E-state index contributed by atoms with van der Waals surface area (Å²) in [5.74, 6) is 1.22. The average Bonchev–Trinajstić information content (AvgIpc) is 2.30. The first-order chi connectivity index (χ1) is 7.79. The minimum atomic E-state index is -0.0426. The molecule has 1 spiro atoms.